The van der Waals surface area contributed by atoms with E-state index in [1.165, 1.54) is 39.8 Å². The first-order chi connectivity index (χ1) is 17.6. The highest BCUT2D eigenvalue weighted by Crippen LogP contribution is 2.34. The van der Waals surface area contributed by atoms with E-state index in [-0.39, 0.29) is 40.4 Å². The fourth-order valence-electron chi connectivity index (χ4n) is 4.51. The summed E-state index contributed by atoms with van der Waals surface area (Å²) < 4.78 is 19.2. The second kappa shape index (κ2) is 9.29. The van der Waals surface area contributed by atoms with Gasteiger partial charge in [0.15, 0.2) is 0 Å². The lowest BCUT2D eigenvalue weighted by molar-refractivity contribution is -0.136. The van der Waals surface area contributed by atoms with E-state index in [1.54, 1.807) is 30.3 Å². The lowest BCUT2D eigenvalue weighted by Gasteiger charge is -2.20. The van der Waals surface area contributed by atoms with Crippen molar-refractivity contribution in [3.8, 4) is 5.69 Å². The average molecular weight is 616 g/mol. The number of rotatable bonds is 6. The van der Waals surface area contributed by atoms with E-state index in [0.29, 0.717) is 27.7 Å². The van der Waals surface area contributed by atoms with Gasteiger partial charge in [0.1, 0.15) is 17.0 Å². The second-order valence-corrected chi connectivity index (χ2v) is 10.3. The highest BCUT2D eigenvalue weighted by atomic mass is 127. The van der Waals surface area contributed by atoms with Gasteiger partial charge in [-0.25, -0.2) is 9.18 Å². The fourth-order valence-corrected chi connectivity index (χ4v) is 4.96. The third-order valence-corrected chi connectivity index (χ3v) is 7.16. The number of carboxylic acids is 1. The zero-order chi connectivity index (χ0) is 26.6. The molecule has 1 saturated carbocycles. The van der Waals surface area contributed by atoms with Crippen LogP contribution in [0.1, 0.15) is 30.0 Å². The summed E-state index contributed by atoms with van der Waals surface area (Å²) >= 11 is 1.98. The van der Waals surface area contributed by atoms with Crippen molar-refractivity contribution < 1.29 is 14.3 Å². The summed E-state index contributed by atoms with van der Waals surface area (Å²) in [4.78, 5) is 51.9. The minimum atomic E-state index is -0.990. The molecule has 190 valence electrons. The van der Waals surface area contributed by atoms with Crippen molar-refractivity contribution in [3.05, 3.63) is 94.2 Å². The Balaban J connectivity index is 1.86. The van der Waals surface area contributed by atoms with Crippen LogP contribution in [0.5, 0.6) is 0 Å². The van der Waals surface area contributed by atoms with E-state index < -0.39 is 28.6 Å². The molecule has 0 radical (unpaired) electrons. The number of pyridine rings is 1. The molecule has 0 amide bonds. The summed E-state index contributed by atoms with van der Waals surface area (Å²) in [6, 6.07) is 10.6. The Morgan fingerprint density at radius 3 is 2.38 bits per heavy atom. The van der Waals surface area contributed by atoms with E-state index in [2.05, 4.69) is 5.32 Å². The first-order valence-corrected chi connectivity index (χ1v) is 12.6. The summed E-state index contributed by atoms with van der Waals surface area (Å²) in [5.41, 5.74) is -0.321. The largest absolute Gasteiger partial charge is 0.481 e. The molecule has 0 unspecified atom stereocenters. The summed E-state index contributed by atoms with van der Waals surface area (Å²) in [5.74, 6) is -1.48. The molecule has 0 saturated heterocycles. The molecule has 1 aliphatic rings. The molecule has 0 spiro atoms. The Labute approximate surface area is 222 Å². The van der Waals surface area contributed by atoms with Crippen LogP contribution in [0.25, 0.3) is 16.6 Å². The Morgan fingerprint density at radius 2 is 1.78 bits per heavy atom. The third-order valence-electron chi connectivity index (χ3n) is 6.49. The summed E-state index contributed by atoms with van der Waals surface area (Å²) in [5, 5.41) is 12.1. The summed E-state index contributed by atoms with van der Waals surface area (Å²) in [6.07, 6.45) is 1.14. The summed E-state index contributed by atoms with van der Waals surface area (Å²) in [6.45, 7) is 1.54. The van der Waals surface area contributed by atoms with Crippen LogP contribution in [0.2, 0.25) is 0 Å². The van der Waals surface area contributed by atoms with Crippen molar-refractivity contribution in [3.63, 3.8) is 0 Å². The van der Waals surface area contributed by atoms with Gasteiger partial charge in [0.25, 0.3) is 11.1 Å². The van der Waals surface area contributed by atoms with Crippen molar-refractivity contribution in [2.24, 2.45) is 7.05 Å². The number of carboxylic acid groups (broad SMARTS) is 1. The van der Waals surface area contributed by atoms with Crippen LogP contribution in [-0.2, 0) is 18.3 Å². The van der Waals surface area contributed by atoms with E-state index in [4.69, 9.17) is 5.11 Å². The zero-order valence-corrected chi connectivity index (χ0v) is 22.1. The van der Waals surface area contributed by atoms with Gasteiger partial charge in [-0.15, -0.1) is 0 Å². The molecule has 5 rings (SSSR count). The van der Waals surface area contributed by atoms with Gasteiger partial charge in [0.05, 0.1) is 23.3 Å². The molecule has 2 N–H and O–H groups in total. The molecule has 0 bridgehead atoms. The van der Waals surface area contributed by atoms with Crippen LogP contribution < -0.4 is 22.1 Å². The smallest absolute Gasteiger partial charge is 0.336 e. The minimum Gasteiger partial charge on any atom is -0.481 e. The maximum absolute atomic E-state index is 14.8. The van der Waals surface area contributed by atoms with Crippen molar-refractivity contribution in [1.29, 1.82) is 0 Å². The number of fused-ring (bicyclic) bond motifs is 1. The number of aryl methyl sites for hydroxylation is 1. The topological polar surface area (TPSA) is 115 Å². The fraction of sp³-hybridized carbons (Fsp3) is 0.231. The van der Waals surface area contributed by atoms with Gasteiger partial charge in [0, 0.05) is 22.2 Å². The number of hydrogen-bond acceptors (Lipinski definition) is 5. The van der Waals surface area contributed by atoms with Gasteiger partial charge in [-0.1, -0.05) is 12.1 Å². The van der Waals surface area contributed by atoms with E-state index in [9.17, 15) is 23.6 Å². The molecule has 1 aliphatic carbocycles. The molecule has 2 heterocycles. The Hall–Kier alpha value is -3.74. The maximum atomic E-state index is 14.8. The molecule has 37 heavy (non-hydrogen) atoms. The molecule has 9 nitrogen and oxygen atoms in total. The standard InChI is InChI=1S/C26H22FIN4O5/c1-13-22-21(23(30(2)24(13)35)29-19-10-5-15(28)12-18(19)27)25(36)32(17-8-9-17)26(37)31(22)16-6-3-14(4-7-16)11-20(33)34/h3-7,10,12,17,29H,8-9,11H2,1-2H3,(H,33,34). The van der Waals surface area contributed by atoms with Crippen LogP contribution in [0.4, 0.5) is 15.9 Å². The average Bonchev–Trinajstić information content (AvgIpc) is 3.67. The number of aromatic nitrogens is 3. The molecule has 2 aromatic heterocycles. The minimum absolute atomic E-state index is 0.0707. The van der Waals surface area contributed by atoms with Crippen LogP contribution in [0.15, 0.2) is 56.8 Å². The van der Waals surface area contributed by atoms with E-state index >= 15 is 0 Å². The monoisotopic (exact) mass is 616 g/mol. The lowest BCUT2D eigenvalue weighted by atomic mass is 10.1. The van der Waals surface area contributed by atoms with Crippen LogP contribution >= 0.6 is 22.6 Å². The van der Waals surface area contributed by atoms with Gasteiger partial charge in [0.2, 0.25) is 0 Å². The molecular weight excluding hydrogens is 594 g/mol. The van der Waals surface area contributed by atoms with Gasteiger partial charge in [-0.05, 0) is 78.3 Å². The number of hydrogen-bond donors (Lipinski definition) is 2. The molecule has 0 aliphatic heterocycles. The van der Waals surface area contributed by atoms with Crippen LogP contribution in [-0.4, -0.2) is 24.8 Å². The van der Waals surface area contributed by atoms with Crippen molar-refractivity contribution in [1.82, 2.24) is 13.7 Å². The SMILES string of the molecule is Cc1c(=O)n(C)c(Nc2ccc(I)cc2F)c2c(=O)n(C3CC3)c(=O)n(-c3ccc(CC(=O)O)cc3)c12. The molecule has 4 aromatic rings. The van der Waals surface area contributed by atoms with E-state index in [1.807, 2.05) is 22.6 Å². The normalized spacial score (nSPS) is 13.2. The van der Waals surface area contributed by atoms with Gasteiger partial charge >= 0.3 is 11.7 Å². The number of aliphatic carboxylic acids is 1. The highest BCUT2D eigenvalue weighted by molar-refractivity contribution is 14.1. The van der Waals surface area contributed by atoms with Crippen molar-refractivity contribution >= 4 is 51.0 Å². The number of carbonyl (C=O) groups is 1. The number of anilines is 2. The van der Waals surface area contributed by atoms with E-state index in [0.717, 1.165) is 0 Å². The van der Waals surface area contributed by atoms with Crippen molar-refractivity contribution in [2.45, 2.75) is 32.2 Å². The Bertz CT molecular complexity index is 1770. The lowest BCUT2D eigenvalue weighted by Crippen LogP contribution is -2.41. The second-order valence-electron chi connectivity index (χ2n) is 9.07. The third kappa shape index (κ3) is 4.37. The maximum Gasteiger partial charge on any atom is 0.336 e. The first kappa shape index (κ1) is 24.9. The van der Waals surface area contributed by atoms with Crippen LogP contribution in [0, 0.1) is 16.3 Å². The number of nitrogens with one attached hydrogen (secondary N) is 1. The highest BCUT2D eigenvalue weighted by Gasteiger charge is 2.31. The molecule has 11 heteroatoms. The summed E-state index contributed by atoms with van der Waals surface area (Å²) in [7, 11) is 1.48. The number of nitrogens with zero attached hydrogens (tertiary/aromatic N) is 3. The van der Waals surface area contributed by atoms with Gasteiger partial charge in [-0.2, -0.15) is 0 Å². The quantitative estimate of drug-likeness (QED) is 0.320. The Kier molecular flexibility index (Phi) is 6.26. The first-order valence-electron chi connectivity index (χ1n) is 11.5. The molecular formula is C26H22FIN4O5. The molecule has 0 atom stereocenters. The predicted molar refractivity (Wildman–Crippen MR) is 146 cm³/mol. The van der Waals surface area contributed by atoms with Gasteiger partial charge < -0.3 is 10.4 Å². The molecule has 1 fully saturated rings. The van der Waals surface area contributed by atoms with Crippen molar-refractivity contribution in [2.75, 3.05) is 5.32 Å². The number of benzene rings is 2. The van der Waals surface area contributed by atoms with Crippen LogP contribution in [0.3, 0.4) is 0 Å². The van der Waals surface area contributed by atoms with Gasteiger partial charge in [-0.3, -0.25) is 28.1 Å². The number of halogens is 2. The zero-order valence-electron chi connectivity index (χ0n) is 19.9. The Morgan fingerprint density at radius 1 is 1.11 bits per heavy atom. The molecule has 2 aromatic carbocycles. The predicted octanol–water partition coefficient (Wildman–Crippen LogP) is 3.61.